The van der Waals surface area contributed by atoms with Crippen LogP contribution in [0.3, 0.4) is 0 Å². The van der Waals surface area contributed by atoms with Crippen molar-refractivity contribution in [2.24, 2.45) is 17.8 Å². The molecule has 0 aromatic rings. The number of carboxylic acids is 1. The summed E-state index contributed by atoms with van der Waals surface area (Å²) in [5.74, 6) is -3.36. The molecular formula is C24H38N2O6. The number of rotatable bonds is 11. The van der Waals surface area contributed by atoms with Gasteiger partial charge in [-0.05, 0) is 38.5 Å². The lowest BCUT2D eigenvalue weighted by atomic mass is 9.70. The van der Waals surface area contributed by atoms with Crippen molar-refractivity contribution in [1.82, 2.24) is 9.80 Å². The summed E-state index contributed by atoms with van der Waals surface area (Å²) in [5.41, 5.74) is -1.16. The van der Waals surface area contributed by atoms with E-state index in [2.05, 4.69) is 13.5 Å². The number of carbonyl (C=O) groups excluding carboxylic acids is 2. The van der Waals surface area contributed by atoms with Crippen LogP contribution in [0.2, 0.25) is 0 Å². The van der Waals surface area contributed by atoms with Crippen molar-refractivity contribution in [2.75, 3.05) is 13.2 Å². The average Bonchev–Trinajstić information content (AvgIpc) is 3.37. The van der Waals surface area contributed by atoms with Crippen LogP contribution in [0.15, 0.2) is 12.7 Å². The molecule has 2 bridgehead atoms. The van der Waals surface area contributed by atoms with E-state index in [9.17, 15) is 24.6 Å². The molecular weight excluding hydrogens is 412 g/mol. The summed E-state index contributed by atoms with van der Waals surface area (Å²) in [6.07, 6.45) is 4.31. The fraction of sp³-hybridized carbons (Fsp3) is 0.792. The molecule has 3 aliphatic rings. The molecule has 3 rings (SSSR count). The lowest BCUT2D eigenvalue weighted by Gasteiger charge is -2.41. The molecule has 3 saturated heterocycles. The summed E-state index contributed by atoms with van der Waals surface area (Å²) in [5, 5.41) is 20.1. The Labute approximate surface area is 190 Å². The van der Waals surface area contributed by atoms with Crippen molar-refractivity contribution in [3.63, 3.8) is 0 Å². The maximum Gasteiger partial charge on any atom is 0.310 e. The third-order valence-electron chi connectivity index (χ3n) is 7.45. The van der Waals surface area contributed by atoms with E-state index < -0.39 is 41.6 Å². The number of ether oxygens (including phenoxy) is 1. The highest BCUT2D eigenvalue weighted by Gasteiger charge is 2.75. The van der Waals surface area contributed by atoms with Gasteiger partial charge in [0.25, 0.3) is 0 Å². The second-order valence-corrected chi connectivity index (χ2v) is 10.0. The Morgan fingerprint density at radius 2 is 2.06 bits per heavy atom. The molecule has 3 heterocycles. The Bertz CT molecular complexity index is 755. The number of amides is 2. The molecule has 8 heteroatoms. The number of hydrogen-bond donors (Lipinski definition) is 2. The van der Waals surface area contributed by atoms with Gasteiger partial charge >= 0.3 is 5.97 Å². The van der Waals surface area contributed by atoms with Crippen molar-refractivity contribution >= 4 is 17.8 Å². The van der Waals surface area contributed by atoms with Crippen molar-refractivity contribution in [3.05, 3.63) is 12.7 Å². The first kappa shape index (κ1) is 24.7. The van der Waals surface area contributed by atoms with Crippen LogP contribution in [0.1, 0.15) is 59.8 Å². The lowest BCUT2D eigenvalue weighted by molar-refractivity contribution is -0.154. The molecule has 1 spiro atoms. The topological polar surface area (TPSA) is 107 Å². The molecule has 0 aromatic carbocycles. The normalized spacial score (nSPS) is 32.8. The molecule has 32 heavy (non-hydrogen) atoms. The van der Waals surface area contributed by atoms with Gasteiger partial charge in [0.2, 0.25) is 11.8 Å². The molecule has 0 saturated carbocycles. The number of fused-ring (bicyclic) bond motifs is 1. The van der Waals surface area contributed by atoms with E-state index in [0.717, 1.165) is 12.8 Å². The Morgan fingerprint density at radius 1 is 1.38 bits per heavy atom. The largest absolute Gasteiger partial charge is 0.481 e. The third-order valence-corrected chi connectivity index (χ3v) is 7.45. The van der Waals surface area contributed by atoms with E-state index in [0.29, 0.717) is 25.8 Å². The summed E-state index contributed by atoms with van der Waals surface area (Å²) >= 11 is 0. The van der Waals surface area contributed by atoms with E-state index in [-0.39, 0.29) is 30.4 Å². The summed E-state index contributed by atoms with van der Waals surface area (Å²) < 4.78 is 6.26. The first-order valence-corrected chi connectivity index (χ1v) is 11.9. The van der Waals surface area contributed by atoms with Crippen molar-refractivity contribution in [2.45, 2.75) is 89.6 Å². The van der Waals surface area contributed by atoms with Crippen LogP contribution in [0.25, 0.3) is 0 Å². The van der Waals surface area contributed by atoms with E-state index in [1.54, 1.807) is 11.0 Å². The number of aliphatic carboxylic acids is 1. The zero-order valence-corrected chi connectivity index (χ0v) is 19.7. The van der Waals surface area contributed by atoms with Crippen LogP contribution in [-0.2, 0) is 19.1 Å². The highest BCUT2D eigenvalue weighted by Crippen LogP contribution is 2.59. The zero-order valence-electron chi connectivity index (χ0n) is 19.7. The molecule has 0 aromatic heterocycles. The van der Waals surface area contributed by atoms with E-state index >= 15 is 0 Å². The molecule has 0 aliphatic carbocycles. The zero-order chi connectivity index (χ0) is 23.8. The Kier molecular flexibility index (Phi) is 7.34. The maximum absolute atomic E-state index is 14.1. The lowest BCUT2D eigenvalue weighted by Crippen LogP contribution is -2.60. The highest BCUT2D eigenvalue weighted by atomic mass is 16.5. The number of likely N-dealkylation sites (tertiary alicyclic amines) is 1. The van der Waals surface area contributed by atoms with Gasteiger partial charge < -0.3 is 24.7 Å². The monoisotopic (exact) mass is 450 g/mol. The fourth-order valence-corrected chi connectivity index (χ4v) is 6.22. The number of aliphatic hydroxyl groups excluding tert-OH is 1. The quantitative estimate of drug-likeness (QED) is 0.467. The Balaban J connectivity index is 2.09. The average molecular weight is 451 g/mol. The number of hydrogen-bond acceptors (Lipinski definition) is 5. The molecule has 3 fully saturated rings. The Morgan fingerprint density at radius 3 is 2.59 bits per heavy atom. The molecule has 2 amide bonds. The standard InChI is InChI=1S/C24H38N2O6/c1-6-8-15(5)25(11-7-2)22(29)20-24-10-9-17(32-24)18(23(30)31)19(24)21(28)26(20)16(13-27)12-14(3)4/h7,14-20,27H,2,6,8-13H2,1,3-5H3,(H,30,31)/t15?,16-,17-,18+,19+,20-,24+/m1/s1. The molecule has 1 unspecified atom stereocenters. The van der Waals surface area contributed by atoms with Gasteiger partial charge in [0.05, 0.1) is 30.6 Å². The minimum atomic E-state index is -1.16. The first-order valence-electron chi connectivity index (χ1n) is 11.9. The second kappa shape index (κ2) is 9.51. The Hall–Kier alpha value is -1.93. The number of nitrogens with zero attached hydrogens (tertiary/aromatic N) is 2. The molecule has 3 aliphatic heterocycles. The second-order valence-electron chi connectivity index (χ2n) is 10.0. The predicted molar refractivity (Wildman–Crippen MR) is 119 cm³/mol. The van der Waals surface area contributed by atoms with Crippen LogP contribution >= 0.6 is 0 Å². The molecule has 0 radical (unpaired) electrons. The summed E-state index contributed by atoms with van der Waals surface area (Å²) in [6.45, 7) is 11.9. The van der Waals surface area contributed by atoms with Crippen LogP contribution < -0.4 is 0 Å². The first-order chi connectivity index (χ1) is 15.1. The predicted octanol–water partition coefficient (Wildman–Crippen LogP) is 2.06. The van der Waals surface area contributed by atoms with Gasteiger partial charge in [-0.2, -0.15) is 0 Å². The summed E-state index contributed by atoms with van der Waals surface area (Å²) in [4.78, 5) is 43.1. The van der Waals surface area contributed by atoms with Gasteiger partial charge in [0.1, 0.15) is 11.6 Å². The minimum absolute atomic E-state index is 0.0653. The van der Waals surface area contributed by atoms with Gasteiger partial charge in [0.15, 0.2) is 0 Å². The molecule has 2 N–H and O–H groups in total. The van der Waals surface area contributed by atoms with Gasteiger partial charge in [-0.1, -0.05) is 33.3 Å². The van der Waals surface area contributed by atoms with E-state index in [1.807, 2.05) is 20.8 Å². The van der Waals surface area contributed by atoms with E-state index in [1.165, 1.54) is 4.90 Å². The smallest absolute Gasteiger partial charge is 0.310 e. The molecule has 180 valence electrons. The summed E-state index contributed by atoms with van der Waals surface area (Å²) in [7, 11) is 0. The number of carbonyl (C=O) groups is 3. The highest BCUT2D eigenvalue weighted by molar-refractivity contribution is 5.98. The van der Waals surface area contributed by atoms with Crippen molar-refractivity contribution < 1.29 is 29.3 Å². The van der Waals surface area contributed by atoms with Crippen LogP contribution in [0, 0.1) is 17.8 Å². The number of aliphatic hydroxyl groups is 1. The molecule has 8 nitrogen and oxygen atoms in total. The van der Waals surface area contributed by atoms with Gasteiger partial charge in [-0.15, -0.1) is 6.58 Å². The maximum atomic E-state index is 14.1. The SMILES string of the molecule is C=CCN(C(=O)[C@H]1N([C@@H](CO)CC(C)C)C(=O)[C@@H]2[C@@H](C(=O)O)[C@H]3CC[C@]21O3)C(C)CCC. The van der Waals surface area contributed by atoms with Crippen LogP contribution in [-0.4, -0.2) is 80.8 Å². The van der Waals surface area contributed by atoms with Crippen LogP contribution in [0.5, 0.6) is 0 Å². The minimum Gasteiger partial charge on any atom is -0.481 e. The van der Waals surface area contributed by atoms with Gasteiger partial charge in [-0.25, -0.2) is 0 Å². The van der Waals surface area contributed by atoms with Gasteiger partial charge in [-0.3, -0.25) is 14.4 Å². The molecule has 7 atom stereocenters. The van der Waals surface area contributed by atoms with Gasteiger partial charge in [0, 0.05) is 12.6 Å². The third kappa shape index (κ3) is 3.85. The van der Waals surface area contributed by atoms with Crippen molar-refractivity contribution in [3.8, 4) is 0 Å². The van der Waals surface area contributed by atoms with Crippen molar-refractivity contribution in [1.29, 1.82) is 0 Å². The number of carboxylic acid groups (broad SMARTS) is 1. The summed E-state index contributed by atoms with van der Waals surface area (Å²) in [6, 6.07) is -1.57. The fourth-order valence-electron chi connectivity index (χ4n) is 6.22. The van der Waals surface area contributed by atoms with E-state index in [4.69, 9.17) is 4.74 Å². The van der Waals surface area contributed by atoms with Crippen LogP contribution in [0.4, 0.5) is 0 Å².